The standard InChI is InChI=1S/C16H23N4O3P.2C16H25N4O3P.C15H22FN4O2P.C15H23N4O4P/c1-24(2,3)7-5-16-8-22-12(13(16)21)15(23-16)20-9-19-11-10(17)4-6-18-14(11)20;1-16(6-8-24(2,3)4)13(22)12(21)15(23-16)20-9-19-11-10(17)5-7-18-14(11)20;1-16(22)13(21)11(6-8-24(2,3)4)23-15(16)20-9-19-12-10(17)5-7-18-14(12)20;1-23(2,3)7-5-10-13(21)11(16)15(22-10)20-8-19-12-9(17)4-6-18-14(12)20;1-24(2,3)7-5-10-12(20)15(21,22)14(23-10)19-8-18-11-9(16)4-6-17-13(11)19/h4,6,9,12-13,15,21H,1,5,7-8H2,2-3H3,(H2,17,18);5,7,9,12-13,15,21-22H,2,6,8H2,1,3-4H3,(H2,17,18);5,7,9,11,13,15,21-22H,2,6,8H2,1,3-4H3,(H2,17,18);4,6,8,10-11,13,15,21H,1,5,7H2,2-3H3,(H2,17,18);4,6,8,10,12,14,20-22H,1,5,7H2,2-3H3,(H2,16,17)/t12-,13+,15?,16+;12-,13+,15?,16-;11-,13-,15?,16-;10-,11-,13-,15?;10-,12-,14?/m11111/s1. The summed E-state index contributed by atoms with van der Waals surface area (Å²) in [6, 6.07) is 8.31. The molecule has 16 heterocycles. The molecule has 41 heteroatoms. The fourth-order valence-electron chi connectivity index (χ4n) is 15.2. The maximum Gasteiger partial charge on any atom is 0.239 e. The zero-order valence-electron chi connectivity index (χ0n) is 69.4. The average Bonchev–Trinajstić information content (AvgIpc) is 1.53. The van der Waals surface area contributed by atoms with Gasteiger partial charge in [-0.05, 0) is 174 Å². The molecule has 35 nitrogen and oxygen atoms in total. The molecule has 119 heavy (non-hydrogen) atoms. The van der Waals surface area contributed by atoms with Gasteiger partial charge in [-0.15, -0.1) is 65.9 Å². The number of pyridine rings is 5. The van der Waals surface area contributed by atoms with E-state index in [-0.39, 0.29) is 0 Å². The molecule has 2 bridgehead atoms. The fraction of sp³-hybridized carbons (Fsp3) is 0.551. The molecule has 0 spiro atoms. The quantitative estimate of drug-likeness (QED) is 0.0347. The van der Waals surface area contributed by atoms with Crippen molar-refractivity contribution in [1.82, 2.24) is 72.7 Å². The second-order valence-corrected chi connectivity index (χ2v) is 57.4. The predicted octanol–water partition coefficient (Wildman–Crippen LogP) is 5.15. The molecule has 19 N–H and O–H groups in total. The van der Waals surface area contributed by atoms with Crippen molar-refractivity contribution in [1.29, 1.82) is 0 Å². The van der Waals surface area contributed by atoms with E-state index in [2.05, 4.69) is 148 Å². The number of anilines is 5. The number of nitrogens with zero attached hydrogens (tertiary/aromatic N) is 15. The van der Waals surface area contributed by atoms with Crippen LogP contribution in [0.3, 0.4) is 0 Å². The minimum atomic E-state index is -2.45. The number of aliphatic hydroxyl groups is 9. The first kappa shape index (κ1) is 91.1. The van der Waals surface area contributed by atoms with Gasteiger partial charge >= 0.3 is 0 Å². The van der Waals surface area contributed by atoms with Crippen LogP contribution in [0.5, 0.6) is 0 Å². The van der Waals surface area contributed by atoms with E-state index in [0.717, 1.165) is 37.2 Å². The van der Waals surface area contributed by atoms with Crippen LogP contribution in [0.25, 0.3) is 55.8 Å². The highest BCUT2D eigenvalue weighted by atomic mass is 31.2. The van der Waals surface area contributed by atoms with Crippen LogP contribution in [-0.4, -0.2) is 344 Å². The number of nitrogen functional groups attached to an aromatic ring is 5. The van der Waals surface area contributed by atoms with Crippen molar-refractivity contribution in [2.75, 3.05) is 133 Å². The molecule has 6 saturated heterocycles. The minimum absolute atomic E-state index is 0.366. The lowest BCUT2D eigenvalue weighted by molar-refractivity contribution is -0.247. The van der Waals surface area contributed by atoms with Gasteiger partial charge in [-0.3, -0.25) is 22.8 Å². The number of ether oxygens (including phenoxy) is 6. The van der Waals surface area contributed by atoms with E-state index < -0.39 is 155 Å². The number of rotatable bonds is 20. The summed E-state index contributed by atoms with van der Waals surface area (Å²) in [4.78, 5) is 42.5. The number of aromatic nitrogens is 15. The summed E-state index contributed by atoms with van der Waals surface area (Å²) in [5.41, 5.74) is 34.2. The number of hydrogen-bond acceptors (Lipinski definition) is 30. The highest BCUT2D eigenvalue weighted by Crippen LogP contribution is 2.52. The van der Waals surface area contributed by atoms with Gasteiger partial charge in [0.2, 0.25) is 5.79 Å². The molecule has 6 aliphatic heterocycles. The van der Waals surface area contributed by atoms with Crippen LogP contribution in [0, 0.1) is 0 Å². The van der Waals surface area contributed by atoms with Gasteiger partial charge in [-0.2, -0.15) is 0 Å². The first-order valence-electron chi connectivity index (χ1n) is 39.0. The first-order chi connectivity index (χ1) is 55.4. The van der Waals surface area contributed by atoms with Crippen LogP contribution in [0.2, 0.25) is 0 Å². The maximum absolute atomic E-state index is 14.6. The Morgan fingerprint density at radius 3 is 1.17 bits per heavy atom. The Balaban J connectivity index is 0.000000137. The maximum atomic E-state index is 14.6. The zero-order chi connectivity index (χ0) is 87.0. The molecule has 0 aromatic carbocycles. The highest BCUT2D eigenvalue weighted by Gasteiger charge is 2.62. The predicted molar refractivity (Wildman–Crippen MR) is 478 cm³/mol. The van der Waals surface area contributed by atoms with Crippen molar-refractivity contribution >= 4 is 150 Å². The van der Waals surface area contributed by atoms with Gasteiger partial charge in [0.15, 0.2) is 65.5 Å². The number of imidazole rings is 5. The Kier molecular flexibility index (Phi) is 26.5. The van der Waals surface area contributed by atoms with E-state index in [4.69, 9.17) is 57.1 Å². The number of alkyl halides is 1. The lowest BCUT2D eigenvalue weighted by Gasteiger charge is -2.32. The molecule has 0 amide bonds. The van der Waals surface area contributed by atoms with E-state index in [1.165, 1.54) is 28.0 Å². The summed E-state index contributed by atoms with van der Waals surface area (Å²) < 4.78 is 58.3. The molecule has 16 rings (SSSR count). The highest BCUT2D eigenvalue weighted by molar-refractivity contribution is 7.73. The van der Waals surface area contributed by atoms with E-state index in [1.807, 2.05) is 11.5 Å². The third kappa shape index (κ3) is 19.5. The van der Waals surface area contributed by atoms with Crippen LogP contribution < -0.4 is 28.7 Å². The molecule has 0 saturated carbocycles. The van der Waals surface area contributed by atoms with E-state index in [0.29, 0.717) is 117 Å². The summed E-state index contributed by atoms with van der Waals surface area (Å²) in [5, 5.41) is 94.4. The molecule has 10 aromatic heterocycles. The van der Waals surface area contributed by atoms with Gasteiger partial charge in [-0.1, -0.05) is 0 Å². The van der Waals surface area contributed by atoms with Crippen molar-refractivity contribution in [3.8, 4) is 0 Å². The summed E-state index contributed by atoms with van der Waals surface area (Å²) >= 11 is 0. The summed E-state index contributed by atoms with van der Waals surface area (Å²) in [6.07, 6.45) is 29.6. The lowest BCUT2D eigenvalue weighted by atomic mass is 9.95. The number of aliphatic hydroxyl groups excluding tert-OH is 6. The van der Waals surface area contributed by atoms with Crippen molar-refractivity contribution in [3.63, 3.8) is 0 Å². The molecular weight excluding hydrogens is 1630 g/mol. The van der Waals surface area contributed by atoms with Crippen LogP contribution in [-0.2, 0) is 28.4 Å². The Bertz CT molecular complexity index is 5330. The normalized spacial score (nSPS) is 30.0. The minimum Gasteiger partial charge on any atom is -0.397 e. The monoisotopic (exact) mass is 1750 g/mol. The SMILES string of the molecule is C=P(C)(C)CC[C@@]1(C)OC(n2cnc3c(N)ccnc32)[C@H](O)[C@@H]1O.C=P(C)(C)CC[C@@]12CO[C@@H](C(n3cnc4c(N)ccnc43)O1)[C@@H]2O.C=P(C)(C)CC[C@H]1OC(n2cnc3c(N)ccnc32)C(O)(O)[C@@H]1O.C=P(C)(C)CC[C@H]1OC(n2cnc3c(N)ccnc32)[C@H](F)[C@@H]1O.C=P(C)(C)CC[C@H]1OC(n2cnc3c(N)ccnc32)[C@](C)(O)[C@@H]1O. The Labute approximate surface area is 690 Å². The van der Waals surface area contributed by atoms with Gasteiger partial charge in [0.1, 0.15) is 81.5 Å². The fourth-order valence-corrected chi connectivity index (χ4v) is 20.1. The van der Waals surface area contributed by atoms with Crippen molar-refractivity contribution < 1.29 is 78.8 Å². The zero-order valence-corrected chi connectivity index (χ0v) is 73.9. The van der Waals surface area contributed by atoms with Crippen LogP contribution in [0.4, 0.5) is 32.8 Å². The molecule has 19 atom stereocenters. The van der Waals surface area contributed by atoms with Crippen LogP contribution >= 0.6 is 34.4 Å². The summed E-state index contributed by atoms with van der Waals surface area (Å²) in [6.45, 7) is 18.9. The van der Waals surface area contributed by atoms with E-state index >= 15 is 0 Å². The lowest BCUT2D eigenvalue weighted by Crippen LogP contribution is -2.46. The average molecular weight is 1750 g/mol. The summed E-state index contributed by atoms with van der Waals surface area (Å²) in [5.74, 6) is -2.45. The van der Waals surface area contributed by atoms with E-state index in [9.17, 15) is 50.3 Å². The van der Waals surface area contributed by atoms with Gasteiger partial charge in [0.25, 0.3) is 0 Å². The number of hydrogen-bond donors (Lipinski definition) is 14. The molecule has 0 aliphatic carbocycles. The topological polar surface area (TPSA) is 521 Å². The van der Waals surface area contributed by atoms with Crippen LogP contribution in [0.1, 0.15) is 77.1 Å². The molecule has 0 radical (unpaired) electrons. The van der Waals surface area contributed by atoms with Crippen molar-refractivity contribution in [3.05, 3.63) is 93.0 Å². The molecular formula is C78H118FN20O15P5. The molecule has 6 fully saturated rings. The van der Waals surface area contributed by atoms with Gasteiger partial charge in [-0.25, -0.2) is 54.2 Å². The van der Waals surface area contributed by atoms with Crippen molar-refractivity contribution in [2.45, 2.75) is 167 Å². The number of nitrogens with two attached hydrogens (primary N) is 5. The van der Waals surface area contributed by atoms with Gasteiger partial charge < -0.3 is 103 Å². The van der Waals surface area contributed by atoms with Crippen molar-refractivity contribution in [2.24, 2.45) is 0 Å². The molecule has 10 aromatic rings. The molecule has 6 aliphatic rings. The first-order valence-corrected chi connectivity index (χ1v) is 54.2. The van der Waals surface area contributed by atoms with Crippen LogP contribution in [0.15, 0.2) is 93.0 Å². The third-order valence-electron chi connectivity index (χ3n) is 22.3. The second-order valence-electron chi connectivity index (χ2n) is 35.8. The Morgan fingerprint density at radius 1 is 0.412 bits per heavy atom. The third-order valence-corrected chi connectivity index (χ3v) is 29.6. The molecule has 5 unspecified atom stereocenters. The smallest absolute Gasteiger partial charge is 0.239 e. The number of fused-ring (bicyclic) bond motifs is 7. The Morgan fingerprint density at radius 2 is 0.756 bits per heavy atom. The largest absolute Gasteiger partial charge is 0.397 e. The van der Waals surface area contributed by atoms with Gasteiger partial charge in [0, 0.05) is 31.0 Å². The second kappa shape index (κ2) is 34.6. The molecule has 652 valence electrons. The summed E-state index contributed by atoms with van der Waals surface area (Å²) in [7, 11) is 0. The van der Waals surface area contributed by atoms with Gasteiger partial charge in [0.05, 0.1) is 90.6 Å². The Hall–Kier alpha value is -7.07. The van der Waals surface area contributed by atoms with E-state index in [1.54, 1.807) is 90.2 Å². The number of halogens is 1.